The highest BCUT2D eigenvalue weighted by molar-refractivity contribution is 7.15. The summed E-state index contributed by atoms with van der Waals surface area (Å²) >= 11 is 1.73. The summed E-state index contributed by atoms with van der Waals surface area (Å²) in [7, 11) is 3.17. The van der Waals surface area contributed by atoms with Crippen molar-refractivity contribution in [2.24, 2.45) is 5.16 Å². The molecule has 5 rings (SSSR count). The zero-order chi connectivity index (χ0) is 21.7. The lowest BCUT2D eigenvalue weighted by atomic mass is 9.96. The molecule has 2 aromatic heterocycles. The number of nitrogens with zero attached hydrogens (tertiary/aromatic N) is 2. The zero-order valence-electron chi connectivity index (χ0n) is 17.3. The average molecular weight is 439 g/mol. The zero-order valence-corrected chi connectivity index (χ0v) is 18.1. The summed E-state index contributed by atoms with van der Waals surface area (Å²) in [5, 5.41) is 14.0. The van der Waals surface area contributed by atoms with Crippen LogP contribution in [-0.4, -0.2) is 35.6 Å². The number of aromatic carboxylic acids is 1. The maximum Gasteiger partial charge on any atom is 0.341 e. The Morgan fingerprint density at radius 2 is 2.06 bits per heavy atom. The number of pyridine rings is 1. The van der Waals surface area contributed by atoms with Crippen LogP contribution in [0.1, 0.15) is 46.1 Å². The van der Waals surface area contributed by atoms with Gasteiger partial charge < -0.3 is 19.2 Å². The van der Waals surface area contributed by atoms with Crippen LogP contribution in [-0.2, 0) is 17.7 Å². The van der Waals surface area contributed by atoms with Gasteiger partial charge in [0.1, 0.15) is 12.7 Å². The lowest BCUT2D eigenvalue weighted by Gasteiger charge is -2.17. The van der Waals surface area contributed by atoms with E-state index in [2.05, 4.69) is 11.2 Å². The molecule has 0 aliphatic heterocycles. The first-order valence-corrected chi connectivity index (χ1v) is 11.0. The van der Waals surface area contributed by atoms with Gasteiger partial charge in [-0.2, -0.15) is 0 Å². The number of hydrogen-bond donors (Lipinski definition) is 1. The lowest BCUT2D eigenvalue weighted by Crippen LogP contribution is -2.19. The Balaban J connectivity index is 1.71. The molecule has 160 valence electrons. The molecule has 2 aliphatic carbocycles. The molecule has 0 bridgehead atoms. The quantitative estimate of drug-likeness (QED) is 0.601. The van der Waals surface area contributed by atoms with E-state index in [9.17, 15) is 14.7 Å². The molecule has 0 amide bonds. The molecule has 1 saturated carbocycles. The standard InChI is InChI=1S/C23H22N2O5S/c1-29-22-15(19-10-12-9-13(24-30-2)3-8-18(12)31-19)6-7-16-20(22)25(14-4-5-14)11-17(21(16)26)23(27)28/h6-7,10-11,14H,3-5,8-9H2,1-2H3,(H,27,28)/b24-13+. The van der Waals surface area contributed by atoms with Gasteiger partial charge in [0.2, 0.25) is 5.43 Å². The van der Waals surface area contributed by atoms with Gasteiger partial charge in [-0.05, 0) is 49.4 Å². The van der Waals surface area contributed by atoms with Crippen molar-refractivity contribution < 1.29 is 19.5 Å². The van der Waals surface area contributed by atoms with Crippen LogP contribution in [0.15, 0.2) is 34.3 Å². The number of carboxylic acids is 1. The maximum atomic E-state index is 12.9. The van der Waals surface area contributed by atoms with E-state index in [1.807, 2.05) is 10.6 Å². The number of methoxy groups -OCH3 is 1. The van der Waals surface area contributed by atoms with E-state index >= 15 is 0 Å². The molecule has 0 saturated heterocycles. The number of thiophene rings is 1. The largest absolute Gasteiger partial charge is 0.494 e. The van der Waals surface area contributed by atoms with Gasteiger partial charge >= 0.3 is 5.97 Å². The fourth-order valence-electron chi connectivity index (χ4n) is 4.35. The monoisotopic (exact) mass is 438 g/mol. The minimum atomic E-state index is -1.20. The van der Waals surface area contributed by atoms with Crippen LogP contribution in [0.5, 0.6) is 5.75 Å². The molecule has 0 unspecified atom stereocenters. The Labute approximate surface area is 182 Å². The van der Waals surface area contributed by atoms with Crippen molar-refractivity contribution in [1.82, 2.24) is 4.57 Å². The number of ether oxygens (including phenoxy) is 1. The molecule has 0 atom stereocenters. The van der Waals surface area contributed by atoms with Gasteiger partial charge in [0.25, 0.3) is 0 Å². The molecule has 0 radical (unpaired) electrons. The van der Waals surface area contributed by atoms with Crippen molar-refractivity contribution in [2.75, 3.05) is 14.2 Å². The molecule has 2 aliphatic rings. The summed E-state index contributed by atoms with van der Waals surface area (Å²) in [5.74, 6) is -0.591. The minimum absolute atomic E-state index is 0.190. The van der Waals surface area contributed by atoms with E-state index in [1.54, 1.807) is 31.6 Å². The van der Waals surface area contributed by atoms with Gasteiger partial charge in [0, 0.05) is 34.0 Å². The van der Waals surface area contributed by atoms with Gasteiger partial charge in [-0.1, -0.05) is 5.16 Å². The number of benzene rings is 1. The van der Waals surface area contributed by atoms with Crippen LogP contribution in [0.3, 0.4) is 0 Å². The fraction of sp³-hybridized carbons (Fsp3) is 0.348. The summed E-state index contributed by atoms with van der Waals surface area (Å²) in [6.07, 6.45) is 5.97. The number of fused-ring (bicyclic) bond motifs is 2. The predicted octanol–water partition coefficient (Wildman–Crippen LogP) is 4.26. The predicted molar refractivity (Wildman–Crippen MR) is 120 cm³/mol. The minimum Gasteiger partial charge on any atom is -0.494 e. The van der Waals surface area contributed by atoms with Crippen molar-refractivity contribution in [3.8, 4) is 16.2 Å². The van der Waals surface area contributed by atoms with Gasteiger partial charge in [0.15, 0.2) is 5.75 Å². The second kappa shape index (κ2) is 7.53. The summed E-state index contributed by atoms with van der Waals surface area (Å²) in [4.78, 5) is 31.8. The first-order chi connectivity index (χ1) is 15.0. The van der Waals surface area contributed by atoms with E-state index in [-0.39, 0.29) is 11.6 Å². The first kappa shape index (κ1) is 19.8. The second-order valence-corrected chi connectivity index (χ2v) is 9.07. The topological polar surface area (TPSA) is 90.1 Å². The smallest absolute Gasteiger partial charge is 0.341 e. The van der Waals surface area contributed by atoms with Gasteiger partial charge in [-0.3, -0.25) is 4.79 Å². The van der Waals surface area contributed by atoms with Crippen LogP contribution in [0.25, 0.3) is 21.3 Å². The Kier molecular flexibility index (Phi) is 4.81. The number of rotatable bonds is 5. The number of aromatic nitrogens is 1. The van der Waals surface area contributed by atoms with Gasteiger partial charge in [0.05, 0.1) is 23.7 Å². The molecular formula is C23H22N2O5S. The number of oxime groups is 1. The van der Waals surface area contributed by atoms with Gasteiger partial charge in [-0.25, -0.2) is 4.79 Å². The van der Waals surface area contributed by atoms with Crippen molar-refractivity contribution in [1.29, 1.82) is 0 Å². The maximum absolute atomic E-state index is 12.9. The molecule has 2 heterocycles. The molecule has 31 heavy (non-hydrogen) atoms. The van der Waals surface area contributed by atoms with Crippen LogP contribution in [0.4, 0.5) is 0 Å². The third kappa shape index (κ3) is 3.31. The highest BCUT2D eigenvalue weighted by atomic mass is 32.1. The molecule has 7 nitrogen and oxygen atoms in total. The van der Waals surface area contributed by atoms with E-state index in [1.165, 1.54) is 16.6 Å². The van der Waals surface area contributed by atoms with Crippen LogP contribution in [0, 0.1) is 0 Å². The van der Waals surface area contributed by atoms with E-state index in [4.69, 9.17) is 9.57 Å². The van der Waals surface area contributed by atoms with Crippen molar-refractivity contribution in [2.45, 2.75) is 38.1 Å². The SMILES string of the molecule is CO/N=C1\CCc2sc(-c3ccc4c(=O)c(C(=O)O)cn(C5CC5)c4c3OC)cc2C1. The molecule has 3 aromatic rings. The Hall–Kier alpha value is -3.13. The summed E-state index contributed by atoms with van der Waals surface area (Å²) in [6.45, 7) is 0. The lowest BCUT2D eigenvalue weighted by molar-refractivity contribution is 0.0695. The van der Waals surface area contributed by atoms with Crippen molar-refractivity contribution >= 4 is 33.9 Å². The molecule has 1 N–H and O–H groups in total. The summed E-state index contributed by atoms with van der Waals surface area (Å²) < 4.78 is 7.75. The van der Waals surface area contributed by atoms with E-state index in [0.29, 0.717) is 16.7 Å². The second-order valence-electron chi connectivity index (χ2n) is 7.93. The Morgan fingerprint density at radius 3 is 2.74 bits per heavy atom. The number of aryl methyl sites for hydroxylation is 1. The highest BCUT2D eigenvalue weighted by Gasteiger charge is 2.29. The van der Waals surface area contributed by atoms with E-state index < -0.39 is 11.4 Å². The average Bonchev–Trinajstić information content (AvgIpc) is 3.51. The van der Waals surface area contributed by atoms with E-state index in [0.717, 1.165) is 48.3 Å². The Morgan fingerprint density at radius 1 is 1.26 bits per heavy atom. The first-order valence-electron chi connectivity index (χ1n) is 10.2. The summed E-state index contributed by atoms with van der Waals surface area (Å²) in [5.41, 5.74) is 3.18. The molecule has 8 heteroatoms. The molecule has 1 aromatic carbocycles. The number of hydrogen-bond acceptors (Lipinski definition) is 6. The van der Waals surface area contributed by atoms with Crippen LogP contribution >= 0.6 is 11.3 Å². The molecule has 0 spiro atoms. The summed E-state index contributed by atoms with van der Waals surface area (Å²) in [6, 6.07) is 5.96. The third-order valence-electron chi connectivity index (χ3n) is 5.94. The molecular weight excluding hydrogens is 416 g/mol. The van der Waals surface area contributed by atoms with Crippen molar-refractivity contribution in [3.05, 3.63) is 50.6 Å². The third-order valence-corrected chi connectivity index (χ3v) is 7.21. The normalized spacial score (nSPS) is 17.0. The van der Waals surface area contributed by atoms with Gasteiger partial charge in [-0.15, -0.1) is 11.3 Å². The number of carbonyl (C=O) groups is 1. The fourth-order valence-corrected chi connectivity index (χ4v) is 5.55. The number of carboxylic acid groups (broad SMARTS) is 1. The van der Waals surface area contributed by atoms with Crippen molar-refractivity contribution in [3.63, 3.8) is 0 Å². The highest BCUT2D eigenvalue weighted by Crippen LogP contribution is 2.45. The van der Waals surface area contributed by atoms with Crippen LogP contribution in [0.2, 0.25) is 0 Å². The molecule has 1 fully saturated rings. The van der Waals surface area contributed by atoms with Crippen LogP contribution < -0.4 is 10.2 Å². The Bertz CT molecular complexity index is 1300.